The van der Waals surface area contributed by atoms with Crippen molar-refractivity contribution in [1.82, 2.24) is 0 Å². The van der Waals surface area contributed by atoms with Gasteiger partial charge in [-0.3, -0.25) is 0 Å². The second-order valence-electron chi connectivity index (χ2n) is 14.2. The molecule has 2 aliphatic carbocycles. The topological polar surface area (TPSA) is 3.24 Å². The van der Waals surface area contributed by atoms with Crippen molar-refractivity contribution in [2.45, 2.75) is 38.5 Å². The summed E-state index contributed by atoms with van der Waals surface area (Å²) >= 11 is 0. The van der Waals surface area contributed by atoms with Gasteiger partial charge < -0.3 is 4.90 Å². The van der Waals surface area contributed by atoms with Gasteiger partial charge in [-0.05, 0) is 103 Å². The summed E-state index contributed by atoms with van der Waals surface area (Å²) in [6.07, 6.45) is 0. The standard InChI is InChI=1S/C46H37N/c1-45(2)40-20-12-10-19-36(40)38-28-33(22-24-41(38)45)47(44-21-13-11-18-35(44)30-14-6-5-7-15-30)34-23-25-42-39(29-34)37-26-31-16-8-9-17-32(31)27-43(37)46(42,3)4/h5-29H,1-4H3. The van der Waals surface area contributed by atoms with Crippen LogP contribution in [0, 0.1) is 0 Å². The van der Waals surface area contributed by atoms with Crippen LogP contribution in [-0.2, 0) is 10.8 Å². The van der Waals surface area contributed by atoms with E-state index in [0.717, 1.165) is 11.4 Å². The lowest BCUT2D eigenvalue weighted by Gasteiger charge is -2.30. The summed E-state index contributed by atoms with van der Waals surface area (Å²) in [5, 5.41) is 2.58. The number of rotatable bonds is 4. The van der Waals surface area contributed by atoms with Gasteiger partial charge in [0.05, 0.1) is 5.69 Å². The first-order valence-electron chi connectivity index (χ1n) is 16.7. The molecule has 0 bridgehead atoms. The molecule has 226 valence electrons. The van der Waals surface area contributed by atoms with Gasteiger partial charge in [-0.2, -0.15) is 0 Å². The molecule has 2 aliphatic rings. The molecule has 9 rings (SSSR count). The second-order valence-corrected chi connectivity index (χ2v) is 14.2. The molecular weight excluding hydrogens is 567 g/mol. The molecule has 1 nitrogen and oxygen atoms in total. The third-order valence-corrected chi connectivity index (χ3v) is 10.8. The van der Waals surface area contributed by atoms with Crippen LogP contribution in [0.15, 0.2) is 152 Å². The highest BCUT2D eigenvalue weighted by Gasteiger charge is 2.38. The van der Waals surface area contributed by atoms with E-state index in [2.05, 4.69) is 184 Å². The summed E-state index contributed by atoms with van der Waals surface area (Å²) in [6, 6.07) is 56.3. The number of fused-ring (bicyclic) bond motifs is 7. The molecule has 47 heavy (non-hydrogen) atoms. The average molecular weight is 604 g/mol. The molecule has 0 radical (unpaired) electrons. The Balaban J connectivity index is 1.29. The van der Waals surface area contributed by atoms with Crippen LogP contribution >= 0.6 is 0 Å². The Morgan fingerprint density at radius 3 is 1.55 bits per heavy atom. The van der Waals surface area contributed by atoms with Crippen molar-refractivity contribution in [1.29, 1.82) is 0 Å². The predicted molar refractivity (Wildman–Crippen MR) is 199 cm³/mol. The summed E-state index contributed by atoms with van der Waals surface area (Å²) in [4.78, 5) is 2.48. The zero-order chi connectivity index (χ0) is 31.9. The van der Waals surface area contributed by atoms with Gasteiger partial charge >= 0.3 is 0 Å². The van der Waals surface area contributed by atoms with Gasteiger partial charge in [-0.1, -0.05) is 137 Å². The number of anilines is 3. The van der Waals surface area contributed by atoms with Gasteiger partial charge in [0, 0.05) is 27.8 Å². The summed E-state index contributed by atoms with van der Waals surface area (Å²) in [5.74, 6) is 0. The molecule has 1 heteroatoms. The van der Waals surface area contributed by atoms with Gasteiger partial charge in [0.2, 0.25) is 0 Å². The van der Waals surface area contributed by atoms with Crippen molar-refractivity contribution in [3.05, 3.63) is 174 Å². The predicted octanol–water partition coefficient (Wildman–Crippen LogP) is 12.6. The van der Waals surface area contributed by atoms with Crippen LogP contribution in [0.4, 0.5) is 17.1 Å². The highest BCUT2D eigenvalue weighted by Crippen LogP contribution is 2.54. The quantitative estimate of drug-likeness (QED) is 0.193. The Kier molecular flexibility index (Phi) is 5.96. The maximum Gasteiger partial charge on any atom is 0.0540 e. The lowest BCUT2D eigenvalue weighted by Crippen LogP contribution is -2.16. The molecule has 0 atom stereocenters. The number of benzene rings is 7. The summed E-state index contributed by atoms with van der Waals surface area (Å²) in [5.41, 5.74) is 16.7. The van der Waals surface area contributed by atoms with Crippen molar-refractivity contribution in [2.24, 2.45) is 0 Å². The minimum absolute atomic E-state index is 0.0388. The largest absolute Gasteiger partial charge is 0.310 e. The molecule has 0 aliphatic heterocycles. The summed E-state index contributed by atoms with van der Waals surface area (Å²) in [7, 11) is 0. The summed E-state index contributed by atoms with van der Waals surface area (Å²) in [6.45, 7) is 9.44. The van der Waals surface area contributed by atoms with E-state index in [4.69, 9.17) is 0 Å². The molecule has 7 aromatic carbocycles. The van der Waals surface area contributed by atoms with Crippen LogP contribution < -0.4 is 4.90 Å². The lowest BCUT2D eigenvalue weighted by molar-refractivity contribution is 0.660. The first-order valence-corrected chi connectivity index (χ1v) is 16.7. The minimum Gasteiger partial charge on any atom is -0.310 e. The number of hydrogen-bond acceptors (Lipinski definition) is 1. The lowest BCUT2D eigenvalue weighted by atomic mass is 9.82. The summed E-state index contributed by atoms with van der Waals surface area (Å²) < 4.78 is 0. The van der Waals surface area contributed by atoms with Crippen molar-refractivity contribution in [3.8, 4) is 33.4 Å². The molecule has 0 spiro atoms. The normalized spacial score (nSPS) is 14.7. The molecule has 0 heterocycles. The second kappa shape index (κ2) is 10.0. The molecule has 0 N–H and O–H groups in total. The third-order valence-electron chi connectivity index (χ3n) is 10.8. The third kappa shape index (κ3) is 4.09. The van der Waals surface area contributed by atoms with Crippen molar-refractivity contribution >= 4 is 27.8 Å². The highest BCUT2D eigenvalue weighted by atomic mass is 15.1. The Labute approximate surface area is 277 Å². The van der Waals surface area contributed by atoms with E-state index in [1.165, 1.54) is 72.1 Å². The average Bonchev–Trinajstić information content (AvgIpc) is 3.47. The number of hydrogen-bond donors (Lipinski definition) is 0. The zero-order valence-electron chi connectivity index (χ0n) is 27.4. The molecule has 0 unspecified atom stereocenters. The van der Waals surface area contributed by atoms with E-state index < -0.39 is 0 Å². The van der Waals surface area contributed by atoms with Gasteiger partial charge in [0.15, 0.2) is 0 Å². The molecule has 0 fully saturated rings. The van der Waals surface area contributed by atoms with Crippen LogP contribution in [0.2, 0.25) is 0 Å². The van der Waals surface area contributed by atoms with E-state index in [9.17, 15) is 0 Å². The van der Waals surface area contributed by atoms with Crippen LogP contribution in [-0.4, -0.2) is 0 Å². The van der Waals surface area contributed by atoms with Crippen molar-refractivity contribution in [3.63, 3.8) is 0 Å². The van der Waals surface area contributed by atoms with E-state index in [1.807, 2.05) is 0 Å². The van der Waals surface area contributed by atoms with E-state index in [-0.39, 0.29) is 10.8 Å². The fraction of sp³-hybridized carbons (Fsp3) is 0.130. The first-order chi connectivity index (χ1) is 22.8. The fourth-order valence-electron chi connectivity index (χ4n) is 8.37. The van der Waals surface area contributed by atoms with E-state index in [1.54, 1.807) is 0 Å². The monoisotopic (exact) mass is 603 g/mol. The molecule has 0 saturated heterocycles. The van der Waals surface area contributed by atoms with Gasteiger partial charge in [0.25, 0.3) is 0 Å². The number of para-hydroxylation sites is 1. The van der Waals surface area contributed by atoms with E-state index >= 15 is 0 Å². The smallest absolute Gasteiger partial charge is 0.0540 e. The van der Waals surface area contributed by atoms with Gasteiger partial charge in [0.1, 0.15) is 0 Å². The zero-order valence-corrected chi connectivity index (χ0v) is 27.4. The van der Waals surface area contributed by atoms with Gasteiger partial charge in [-0.15, -0.1) is 0 Å². The first kappa shape index (κ1) is 27.9. The number of nitrogens with zero attached hydrogens (tertiary/aromatic N) is 1. The Hall–Kier alpha value is -5.40. The van der Waals surface area contributed by atoms with Gasteiger partial charge in [-0.25, -0.2) is 0 Å². The Morgan fingerprint density at radius 2 is 0.851 bits per heavy atom. The van der Waals surface area contributed by atoms with Crippen LogP contribution in [0.1, 0.15) is 49.9 Å². The van der Waals surface area contributed by atoms with Crippen molar-refractivity contribution in [2.75, 3.05) is 4.90 Å². The van der Waals surface area contributed by atoms with Crippen molar-refractivity contribution < 1.29 is 0 Å². The van der Waals surface area contributed by atoms with Crippen LogP contribution in [0.5, 0.6) is 0 Å². The fourth-order valence-corrected chi connectivity index (χ4v) is 8.37. The molecule has 0 amide bonds. The maximum absolute atomic E-state index is 2.48. The Bertz CT molecular complexity index is 2360. The highest BCUT2D eigenvalue weighted by molar-refractivity contribution is 5.96. The maximum atomic E-state index is 2.48. The molecule has 0 aromatic heterocycles. The molecule has 7 aromatic rings. The molecular formula is C46H37N. The Morgan fingerprint density at radius 1 is 0.362 bits per heavy atom. The van der Waals surface area contributed by atoms with E-state index in [0.29, 0.717) is 0 Å². The van der Waals surface area contributed by atoms with Crippen LogP contribution in [0.25, 0.3) is 44.2 Å². The SMILES string of the molecule is CC1(C)c2ccccc2-c2cc(N(c3ccc4c(c3)-c3cc5ccccc5cc3C4(C)C)c3ccccc3-c3ccccc3)ccc21. The minimum atomic E-state index is -0.0805. The molecule has 0 saturated carbocycles. The van der Waals surface area contributed by atoms with Crippen LogP contribution in [0.3, 0.4) is 0 Å².